The van der Waals surface area contributed by atoms with E-state index in [-0.39, 0.29) is 17.8 Å². The van der Waals surface area contributed by atoms with Crippen LogP contribution in [-0.2, 0) is 0 Å². The van der Waals surface area contributed by atoms with Crippen LogP contribution in [0.15, 0.2) is 29.2 Å². The topological polar surface area (TPSA) is 44.4 Å². The van der Waals surface area contributed by atoms with Crippen LogP contribution < -0.4 is 10.6 Å². The molecule has 0 aromatic heterocycles. The molecular weight excluding hydrogens is 329 g/mol. The van der Waals surface area contributed by atoms with E-state index in [0.29, 0.717) is 19.6 Å². The van der Waals surface area contributed by atoms with Gasteiger partial charge in [-0.25, -0.2) is 4.79 Å². The Morgan fingerprint density at radius 1 is 1.05 bits per heavy atom. The third-order valence-corrected chi connectivity index (χ3v) is 4.34. The van der Waals surface area contributed by atoms with Crippen LogP contribution >= 0.6 is 10.2 Å². The van der Waals surface area contributed by atoms with Gasteiger partial charge in [0.15, 0.2) is 0 Å². The molecule has 0 atom stereocenters. The maximum absolute atomic E-state index is 12.6. The van der Waals surface area contributed by atoms with Gasteiger partial charge in [0.25, 0.3) is 0 Å². The second-order valence-corrected chi connectivity index (χ2v) is 7.42. The molecule has 1 fully saturated rings. The Kier molecular flexibility index (Phi) is 3.81. The lowest BCUT2D eigenvalue weighted by Gasteiger charge is -2.40. The van der Waals surface area contributed by atoms with Gasteiger partial charge in [0, 0.05) is 25.3 Å². The van der Waals surface area contributed by atoms with Gasteiger partial charge in [-0.15, -0.1) is 0 Å². The first-order valence-corrected chi connectivity index (χ1v) is 8.52. The van der Waals surface area contributed by atoms with E-state index in [1.54, 1.807) is 0 Å². The number of nitrogens with zero attached hydrogens (tertiary/aromatic N) is 1. The third kappa shape index (κ3) is 4.47. The van der Waals surface area contributed by atoms with Gasteiger partial charge >= 0.3 is 16.3 Å². The Hall–Kier alpha value is -1.55. The van der Waals surface area contributed by atoms with E-state index in [1.807, 2.05) is 0 Å². The Morgan fingerprint density at radius 2 is 1.68 bits per heavy atom. The van der Waals surface area contributed by atoms with Crippen LogP contribution in [-0.4, -0.2) is 37.1 Å². The number of hydrogen-bond donors (Lipinski definition) is 2. The molecule has 10 heteroatoms. The van der Waals surface area contributed by atoms with Crippen molar-refractivity contribution in [1.29, 1.82) is 0 Å². The van der Waals surface area contributed by atoms with Gasteiger partial charge in [-0.2, -0.15) is 0 Å². The van der Waals surface area contributed by atoms with Gasteiger partial charge in [0.2, 0.25) is 0 Å². The average Bonchev–Trinajstić information content (AvgIpc) is 2.65. The van der Waals surface area contributed by atoms with Gasteiger partial charge in [-0.1, -0.05) is 19.4 Å². The molecule has 2 N–H and O–H groups in total. The Labute approximate surface area is 124 Å². The van der Waals surface area contributed by atoms with Crippen molar-refractivity contribution in [2.75, 3.05) is 31.5 Å². The number of hydrogen-bond acceptors (Lipinski definition) is 2. The largest absolute Gasteiger partial charge is 0.323 e. The summed E-state index contributed by atoms with van der Waals surface area (Å²) >= 11 is 0. The highest BCUT2D eigenvalue weighted by atomic mass is 32.5. The molecule has 22 heavy (non-hydrogen) atoms. The summed E-state index contributed by atoms with van der Waals surface area (Å²) in [5.41, 5.74) is 0.0350. The fraction of sp³-hybridized carbons (Fsp3) is 0.417. The van der Waals surface area contributed by atoms with Gasteiger partial charge in [-0.3, -0.25) is 0 Å². The molecule has 1 aliphatic heterocycles. The van der Waals surface area contributed by atoms with Crippen LogP contribution in [0.25, 0.3) is 0 Å². The molecule has 1 aromatic carbocycles. The lowest BCUT2D eigenvalue weighted by Crippen LogP contribution is -2.37. The molecule has 4 nitrogen and oxygen atoms in total. The minimum Gasteiger partial charge on any atom is -0.323 e. The normalized spacial score (nSPS) is 19.8. The highest BCUT2D eigenvalue weighted by molar-refractivity contribution is 8.45. The number of rotatable bonds is 2. The molecule has 0 saturated carbocycles. The Bertz CT molecular complexity index is 552. The van der Waals surface area contributed by atoms with Crippen molar-refractivity contribution in [2.45, 2.75) is 11.3 Å². The monoisotopic (exact) mass is 345 g/mol. The van der Waals surface area contributed by atoms with Crippen LogP contribution in [0.4, 0.5) is 29.9 Å². The summed E-state index contributed by atoms with van der Waals surface area (Å²) in [6.45, 7) is 2.39. The molecule has 0 unspecified atom stereocenters. The number of halogens is 5. The highest BCUT2D eigenvalue weighted by Gasteiger charge is 2.65. The highest BCUT2D eigenvalue weighted by Crippen LogP contribution is 3.02. The predicted molar refractivity (Wildman–Crippen MR) is 75.9 cm³/mol. The molecule has 0 aliphatic carbocycles. The van der Waals surface area contributed by atoms with Crippen molar-refractivity contribution >= 4 is 21.9 Å². The smallest absolute Gasteiger partial charge is 0.321 e. The van der Waals surface area contributed by atoms with E-state index in [4.69, 9.17) is 0 Å². The quantitative estimate of drug-likeness (QED) is 0.790. The zero-order chi connectivity index (χ0) is 16.5. The summed E-state index contributed by atoms with van der Waals surface area (Å²) < 4.78 is 62.9. The summed E-state index contributed by atoms with van der Waals surface area (Å²) in [7, 11) is -9.67. The summed E-state index contributed by atoms with van der Waals surface area (Å²) in [6, 6.07) is 1.73. The first-order chi connectivity index (χ1) is 9.95. The Morgan fingerprint density at radius 3 is 2.27 bits per heavy atom. The Balaban J connectivity index is 2.07. The van der Waals surface area contributed by atoms with Crippen LogP contribution in [0, 0.1) is 0 Å². The first-order valence-electron chi connectivity index (χ1n) is 6.56. The van der Waals surface area contributed by atoms with Crippen molar-refractivity contribution in [3.63, 3.8) is 0 Å². The number of nitrogens with one attached hydrogen (secondary N) is 2. The summed E-state index contributed by atoms with van der Waals surface area (Å²) in [5.74, 6) is 0. The van der Waals surface area contributed by atoms with Crippen LogP contribution in [0.3, 0.4) is 0 Å². The second-order valence-electron chi connectivity index (χ2n) is 5.01. The number of amides is 2. The minimum absolute atomic E-state index is 0.0350. The maximum atomic E-state index is 12.6. The molecule has 1 aliphatic rings. The fourth-order valence-corrected chi connectivity index (χ4v) is 2.70. The number of carbonyl (C=O) groups excluding carboxylic acids is 1. The maximum Gasteiger partial charge on any atom is 0.321 e. The SMILES string of the molecule is O=C(Nc1ccc(S(F)(F)(F)(F)F)cc1)N1CCCNCC1. The minimum atomic E-state index is -9.67. The van der Waals surface area contributed by atoms with Crippen molar-refractivity contribution in [3.8, 4) is 0 Å². The zero-order valence-corrected chi connectivity index (χ0v) is 12.3. The van der Waals surface area contributed by atoms with Gasteiger partial charge in [-0.05, 0) is 37.2 Å². The number of carbonyl (C=O) groups is 1. The number of anilines is 1. The van der Waals surface area contributed by atoms with Crippen LogP contribution in [0.1, 0.15) is 6.42 Å². The van der Waals surface area contributed by atoms with E-state index < -0.39 is 21.2 Å². The lowest BCUT2D eigenvalue weighted by atomic mass is 10.3. The van der Waals surface area contributed by atoms with Gasteiger partial charge in [0.1, 0.15) is 4.90 Å². The van der Waals surface area contributed by atoms with E-state index >= 15 is 0 Å². The molecule has 2 amide bonds. The third-order valence-electron chi connectivity index (χ3n) is 3.18. The van der Waals surface area contributed by atoms with Gasteiger partial charge < -0.3 is 15.5 Å². The average molecular weight is 345 g/mol. The molecular formula is C12H16F5N3OS. The number of urea groups is 1. The molecule has 1 aromatic rings. The summed E-state index contributed by atoms with van der Waals surface area (Å²) in [4.78, 5) is 11.5. The molecule has 2 rings (SSSR count). The van der Waals surface area contributed by atoms with E-state index in [9.17, 15) is 24.2 Å². The van der Waals surface area contributed by atoms with Crippen molar-refractivity contribution < 1.29 is 24.2 Å². The molecule has 0 bridgehead atoms. The van der Waals surface area contributed by atoms with E-state index in [2.05, 4.69) is 10.6 Å². The second kappa shape index (κ2) is 4.98. The molecule has 1 heterocycles. The first kappa shape index (κ1) is 16.8. The molecule has 1 saturated heterocycles. The summed E-state index contributed by atoms with van der Waals surface area (Å²) in [6.07, 6.45) is 0.760. The van der Waals surface area contributed by atoms with Crippen molar-refractivity contribution in [1.82, 2.24) is 10.2 Å². The van der Waals surface area contributed by atoms with Crippen molar-refractivity contribution in [3.05, 3.63) is 24.3 Å². The van der Waals surface area contributed by atoms with Crippen LogP contribution in [0.2, 0.25) is 0 Å². The predicted octanol–water partition coefficient (Wildman–Crippen LogP) is 4.17. The zero-order valence-electron chi connectivity index (χ0n) is 11.5. The van der Waals surface area contributed by atoms with Gasteiger partial charge in [0.05, 0.1) is 0 Å². The molecule has 126 valence electrons. The lowest BCUT2D eigenvalue weighted by molar-refractivity contribution is 0.215. The van der Waals surface area contributed by atoms with Crippen molar-refractivity contribution in [2.24, 2.45) is 0 Å². The van der Waals surface area contributed by atoms with E-state index in [0.717, 1.165) is 25.1 Å². The summed E-state index contributed by atoms with van der Waals surface area (Å²) in [5, 5.41) is 5.51. The fourth-order valence-electron chi connectivity index (χ4n) is 2.05. The molecule has 0 spiro atoms. The van der Waals surface area contributed by atoms with Crippen LogP contribution in [0.5, 0.6) is 0 Å². The van der Waals surface area contributed by atoms with E-state index in [1.165, 1.54) is 4.90 Å². The number of benzene rings is 1. The standard InChI is InChI=1S/C12H16F5N3OS/c13-22(14,15,16,17)11-4-2-10(3-5-11)19-12(21)20-8-1-6-18-7-9-20/h2-5,18H,1,6-9H2,(H,19,21). The molecule has 0 radical (unpaired) electrons.